The second-order valence-electron chi connectivity index (χ2n) is 5.44. The Labute approximate surface area is 167 Å². The number of halogens is 2. The summed E-state index contributed by atoms with van der Waals surface area (Å²) in [6, 6.07) is 4.94. The van der Waals surface area contributed by atoms with E-state index < -0.39 is 11.5 Å². The first-order valence-electron chi connectivity index (χ1n) is 7.69. The topological polar surface area (TPSA) is 111 Å². The average Bonchev–Trinajstić information content (AvgIpc) is 2.93. The van der Waals surface area contributed by atoms with Crippen LogP contribution in [0.25, 0.3) is 10.9 Å². The summed E-state index contributed by atoms with van der Waals surface area (Å²) < 4.78 is 6.28. The number of esters is 1. The highest BCUT2D eigenvalue weighted by atomic mass is 35.5. The number of carbonyl (C=O) groups is 1. The molecule has 0 unspecified atom stereocenters. The van der Waals surface area contributed by atoms with E-state index in [1.165, 1.54) is 23.0 Å². The number of rotatable bonds is 4. The molecule has 0 aliphatic carbocycles. The quantitative estimate of drug-likeness (QED) is 0.644. The molecule has 0 radical (unpaired) electrons. The number of anilines is 1. The number of nitrogen functional groups attached to an aromatic ring is 1. The number of hydrogen-bond acceptors (Lipinski definition) is 7. The van der Waals surface area contributed by atoms with Crippen molar-refractivity contribution >= 4 is 56.4 Å². The second kappa shape index (κ2) is 7.56. The summed E-state index contributed by atoms with van der Waals surface area (Å²) in [6.45, 7) is 1.77. The van der Waals surface area contributed by atoms with Crippen LogP contribution in [-0.2, 0) is 11.3 Å². The Morgan fingerprint density at radius 1 is 1.44 bits per heavy atom. The van der Waals surface area contributed by atoms with E-state index in [1.54, 1.807) is 6.92 Å². The highest BCUT2D eigenvalue weighted by Gasteiger charge is 2.23. The smallest absolute Gasteiger partial charge is 0.348 e. The van der Waals surface area contributed by atoms with Gasteiger partial charge >= 0.3 is 5.97 Å². The third-order valence-corrected chi connectivity index (χ3v) is 5.33. The van der Waals surface area contributed by atoms with Crippen molar-refractivity contribution in [3.63, 3.8) is 0 Å². The molecule has 27 heavy (non-hydrogen) atoms. The van der Waals surface area contributed by atoms with Gasteiger partial charge in [0.15, 0.2) is 0 Å². The predicted octanol–water partition coefficient (Wildman–Crippen LogP) is 3.44. The number of nitrogens with two attached hydrogens (primary N) is 1. The molecule has 0 aliphatic heterocycles. The van der Waals surface area contributed by atoms with Gasteiger partial charge in [0.05, 0.1) is 41.0 Å². The lowest BCUT2D eigenvalue weighted by Gasteiger charge is -2.09. The van der Waals surface area contributed by atoms with Crippen LogP contribution in [0.15, 0.2) is 23.3 Å². The van der Waals surface area contributed by atoms with E-state index in [-0.39, 0.29) is 39.0 Å². The summed E-state index contributed by atoms with van der Waals surface area (Å²) in [7, 11) is 0. The average molecular weight is 423 g/mol. The number of benzene rings is 1. The second-order valence-corrected chi connectivity index (χ2v) is 7.34. The number of fused-ring (bicyclic) bond motifs is 1. The minimum atomic E-state index is -0.599. The Morgan fingerprint density at radius 2 is 2.19 bits per heavy atom. The highest BCUT2D eigenvalue weighted by Crippen LogP contribution is 2.32. The van der Waals surface area contributed by atoms with Crippen LogP contribution in [0.2, 0.25) is 10.0 Å². The molecule has 0 saturated carbocycles. The van der Waals surface area contributed by atoms with E-state index in [0.29, 0.717) is 16.1 Å². The molecule has 0 atom stereocenters. The van der Waals surface area contributed by atoms with Gasteiger partial charge in [-0.2, -0.15) is 5.26 Å². The van der Waals surface area contributed by atoms with Crippen molar-refractivity contribution in [2.24, 2.45) is 0 Å². The maximum absolute atomic E-state index is 12.8. The fourth-order valence-electron chi connectivity index (χ4n) is 2.60. The fourth-order valence-corrected chi connectivity index (χ4v) is 4.06. The highest BCUT2D eigenvalue weighted by molar-refractivity contribution is 7.18. The van der Waals surface area contributed by atoms with Crippen molar-refractivity contribution in [3.8, 4) is 6.07 Å². The Hall–Kier alpha value is -2.60. The van der Waals surface area contributed by atoms with Gasteiger partial charge in [-0.15, -0.1) is 11.3 Å². The van der Waals surface area contributed by atoms with Crippen molar-refractivity contribution in [2.45, 2.75) is 13.5 Å². The van der Waals surface area contributed by atoms with Crippen molar-refractivity contribution in [3.05, 3.63) is 54.9 Å². The minimum absolute atomic E-state index is 0.0728. The molecule has 2 aromatic heterocycles. The van der Waals surface area contributed by atoms with Gasteiger partial charge in [0.25, 0.3) is 5.56 Å². The van der Waals surface area contributed by atoms with Gasteiger partial charge in [-0.25, -0.2) is 9.78 Å². The Morgan fingerprint density at radius 3 is 2.85 bits per heavy atom. The molecular weight excluding hydrogens is 411 g/mol. The molecule has 0 saturated heterocycles. The lowest BCUT2D eigenvalue weighted by atomic mass is 10.1. The third-order valence-electron chi connectivity index (χ3n) is 3.78. The molecule has 0 spiro atoms. The van der Waals surface area contributed by atoms with Gasteiger partial charge in [-0.3, -0.25) is 9.36 Å². The largest absolute Gasteiger partial charge is 0.462 e. The van der Waals surface area contributed by atoms with Crippen LogP contribution < -0.4 is 11.3 Å². The van der Waals surface area contributed by atoms with Crippen molar-refractivity contribution in [2.75, 3.05) is 12.3 Å². The SMILES string of the molecule is CCOC(=O)c1sc(N)c(C#N)c1Cn1cnc2c(Cl)cc(Cl)cc2c1=O. The first kappa shape index (κ1) is 19.2. The molecule has 0 amide bonds. The van der Waals surface area contributed by atoms with Crippen LogP contribution >= 0.6 is 34.5 Å². The summed E-state index contributed by atoms with van der Waals surface area (Å²) >= 11 is 13.0. The van der Waals surface area contributed by atoms with E-state index in [1.807, 2.05) is 6.07 Å². The van der Waals surface area contributed by atoms with Crippen LogP contribution in [0, 0.1) is 11.3 Å². The first-order chi connectivity index (χ1) is 12.9. The molecule has 2 heterocycles. The van der Waals surface area contributed by atoms with Crippen LogP contribution in [0.1, 0.15) is 27.7 Å². The molecule has 3 aromatic rings. The lowest BCUT2D eigenvalue weighted by Crippen LogP contribution is -2.22. The predicted molar refractivity (Wildman–Crippen MR) is 105 cm³/mol. The fraction of sp³-hybridized carbons (Fsp3) is 0.176. The molecule has 2 N–H and O–H groups in total. The van der Waals surface area contributed by atoms with E-state index in [4.69, 9.17) is 33.7 Å². The van der Waals surface area contributed by atoms with Crippen LogP contribution in [0.5, 0.6) is 0 Å². The maximum atomic E-state index is 12.8. The molecule has 3 rings (SSSR count). The summed E-state index contributed by atoms with van der Waals surface area (Å²) in [4.78, 5) is 29.4. The molecular formula is C17H12Cl2N4O3S. The summed E-state index contributed by atoms with van der Waals surface area (Å²) in [5, 5.41) is 10.4. The zero-order chi connectivity index (χ0) is 19.7. The number of thiophene rings is 1. The van der Waals surface area contributed by atoms with Gasteiger partial charge in [-0.1, -0.05) is 23.2 Å². The number of nitriles is 1. The van der Waals surface area contributed by atoms with E-state index in [9.17, 15) is 14.9 Å². The normalized spacial score (nSPS) is 10.7. The molecule has 1 aromatic carbocycles. The van der Waals surface area contributed by atoms with E-state index >= 15 is 0 Å². The van der Waals surface area contributed by atoms with E-state index in [0.717, 1.165) is 11.3 Å². The summed E-state index contributed by atoms with van der Waals surface area (Å²) in [6.07, 6.45) is 1.30. The summed E-state index contributed by atoms with van der Waals surface area (Å²) in [5.74, 6) is -0.599. The van der Waals surface area contributed by atoms with Gasteiger partial charge in [0.1, 0.15) is 15.9 Å². The summed E-state index contributed by atoms with van der Waals surface area (Å²) in [5.41, 5.74) is 6.22. The van der Waals surface area contributed by atoms with Crippen LogP contribution in [0.4, 0.5) is 5.00 Å². The van der Waals surface area contributed by atoms with Crippen molar-refractivity contribution in [1.82, 2.24) is 9.55 Å². The third kappa shape index (κ3) is 3.49. The number of carbonyl (C=O) groups excluding carboxylic acids is 1. The van der Waals surface area contributed by atoms with Crippen molar-refractivity contribution < 1.29 is 9.53 Å². The Kier molecular flexibility index (Phi) is 5.37. The molecule has 0 fully saturated rings. The van der Waals surface area contributed by atoms with Gasteiger partial charge < -0.3 is 10.5 Å². The Bertz CT molecular complexity index is 1160. The first-order valence-corrected chi connectivity index (χ1v) is 9.27. The van der Waals surface area contributed by atoms with E-state index in [2.05, 4.69) is 4.98 Å². The van der Waals surface area contributed by atoms with Crippen LogP contribution in [-0.4, -0.2) is 22.1 Å². The molecule has 10 heteroatoms. The maximum Gasteiger partial charge on any atom is 0.348 e. The standard InChI is InChI=1S/C17H12Cl2N4O3S/c1-2-26-17(25)14-11(10(5-20)15(21)27-14)6-23-7-22-13-9(16(23)24)3-8(18)4-12(13)19/h3-4,7H,2,6,21H2,1H3. The van der Waals surface area contributed by atoms with Crippen LogP contribution in [0.3, 0.4) is 0 Å². The zero-order valence-electron chi connectivity index (χ0n) is 14.0. The van der Waals surface area contributed by atoms with Crippen molar-refractivity contribution in [1.29, 1.82) is 5.26 Å². The zero-order valence-corrected chi connectivity index (χ0v) is 16.3. The lowest BCUT2D eigenvalue weighted by molar-refractivity contribution is 0.0531. The number of aromatic nitrogens is 2. The van der Waals surface area contributed by atoms with Gasteiger partial charge in [0, 0.05) is 10.6 Å². The monoisotopic (exact) mass is 422 g/mol. The van der Waals surface area contributed by atoms with Gasteiger partial charge in [0.2, 0.25) is 0 Å². The number of nitrogens with zero attached hydrogens (tertiary/aromatic N) is 3. The number of hydrogen-bond donors (Lipinski definition) is 1. The minimum Gasteiger partial charge on any atom is -0.462 e. The molecule has 0 aliphatic rings. The number of ether oxygens (including phenoxy) is 1. The Balaban J connectivity index is 2.16. The molecule has 0 bridgehead atoms. The van der Waals surface area contributed by atoms with Gasteiger partial charge in [-0.05, 0) is 19.1 Å². The molecule has 7 nitrogen and oxygen atoms in total. The molecule has 138 valence electrons.